The smallest absolute Gasteiger partial charge is 0.220 e. The first kappa shape index (κ1) is 83.8. The molecule has 19 nitrogen and oxygen atoms in total. The zero-order valence-corrected chi connectivity index (χ0v) is 57.1. The van der Waals surface area contributed by atoms with Crippen LogP contribution in [0.3, 0.4) is 0 Å². The van der Waals surface area contributed by atoms with Crippen LogP contribution in [-0.4, -0.2) is 193 Å². The van der Waals surface area contributed by atoms with Gasteiger partial charge in [0.2, 0.25) is 5.91 Å². The molecule has 0 spiro atoms. The maximum atomic E-state index is 13.4. The van der Waals surface area contributed by atoms with Crippen molar-refractivity contribution in [3.63, 3.8) is 0 Å². The predicted octanol–water partition coefficient (Wildman–Crippen LogP) is 10.8. The van der Waals surface area contributed by atoms with Crippen molar-refractivity contribution in [2.45, 2.75) is 413 Å². The molecule has 1 amide bonds. The Balaban J connectivity index is 1.40. The topological polar surface area (TPSA) is 307 Å². The number of aliphatic hydroxyl groups excluding tert-OH is 11. The predicted molar refractivity (Wildman–Crippen MR) is 356 cm³/mol. The number of aliphatic hydroxyl groups is 11. The molecule has 0 radical (unpaired) electrons. The Morgan fingerprint density at radius 3 is 1.07 bits per heavy atom. The number of rotatable bonds is 59. The summed E-state index contributed by atoms with van der Waals surface area (Å²) in [6, 6.07) is -0.886. The molecule has 19 heteroatoms. The van der Waals surface area contributed by atoms with Crippen molar-refractivity contribution in [2.75, 3.05) is 26.4 Å². The van der Waals surface area contributed by atoms with E-state index in [0.717, 1.165) is 51.4 Å². The SMILES string of the molecule is CCCCCCCC/C=C\CCCCCCCCCCCC(=O)NC(COC1OC(CO)C(OC2OC(CO)C(OC3OC(CO)C(O)C(O)C3O)C(O)C2O)C(O)C1O)C(O)CCCCCCCCCCCCCCCCCCCCCCCCCCCCC. The molecule has 0 aliphatic carbocycles. The first-order valence-corrected chi connectivity index (χ1v) is 37.4. The summed E-state index contributed by atoms with van der Waals surface area (Å²) in [4.78, 5) is 13.4. The van der Waals surface area contributed by atoms with E-state index >= 15 is 0 Å². The second-order valence-corrected chi connectivity index (χ2v) is 27.1. The fourth-order valence-electron chi connectivity index (χ4n) is 13.0. The number of amides is 1. The summed E-state index contributed by atoms with van der Waals surface area (Å²) in [5.41, 5.74) is 0. The first-order valence-electron chi connectivity index (χ1n) is 37.4. The molecule has 538 valence electrons. The van der Waals surface area contributed by atoms with Crippen molar-refractivity contribution in [1.29, 1.82) is 0 Å². The zero-order chi connectivity index (χ0) is 66.1. The van der Waals surface area contributed by atoms with Gasteiger partial charge in [-0.25, -0.2) is 0 Å². The van der Waals surface area contributed by atoms with Gasteiger partial charge < -0.3 is 89.9 Å². The Labute approximate surface area is 550 Å². The molecule has 3 aliphatic heterocycles. The third kappa shape index (κ3) is 36.1. The highest BCUT2D eigenvalue weighted by atomic mass is 16.8. The van der Waals surface area contributed by atoms with Gasteiger partial charge in [-0.1, -0.05) is 276 Å². The average molecular weight is 1300 g/mol. The van der Waals surface area contributed by atoms with Crippen molar-refractivity contribution in [2.24, 2.45) is 0 Å². The molecule has 0 aromatic heterocycles. The first-order chi connectivity index (χ1) is 44.3. The minimum Gasteiger partial charge on any atom is -0.394 e. The number of hydrogen-bond acceptors (Lipinski definition) is 18. The molecule has 0 aromatic carbocycles. The lowest BCUT2D eigenvalue weighted by Crippen LogP contribution is -2.66. The van der Waals surface area contributed by atoms with Crippen LogP contribution in [0, 0.1) is 0 Å². The standard InChI is InChI=1S/C72H137NO18/c1-3-5-7-9-11-13-15-17-19-21-23-24-25-26-27-28-29-30-32-33-35-37-39-41-43-45-47-49-56(77)55(73-60(78)50-48-46-44-42-40-38-36-34-31-22-20-18-16-14-12-10-8-6-4-2)54-86-70-66(84)63(81)68(58(52-75)88-70)91-72-67(85)64(82)69(59(53-76)89-72)90-71-65(83)62(80)61(79)57(51-74)87-71/h18,20,55-59,61-72,74-77,79-85H,3-17,19,21-54H2,1-2H3,(H,73,78)/b20-18-. The van der Waals surface area contributed by atoms with E-state index in [2.05, 4.69) is 31.3 Å². The lowest BCUT2D eigenvalue weighted by molar-refractivity contribution is -0.379. The Kier molecular flexibility index (Phi) is 50.2. The van der Waals surface area contributed by atoms with E-state index in [1.54, 1.807) is 0 Å². The van der Waals surface area contributed by atoms with Gasteiger partial charge in [-0.2, -0.15) is 0 Å². The van der Waals surface area contributed by atoms with Gasteiger partial charge in [0.15, 0.2) is 18.9 Å². The zero-order valence-electron chi connectivity index (χ0n) is 57.1. The molecule has 3 fully saturated rings. The maximum absolute atomic E-state index is 13.4. The number of unbranched alkanes of at least 4 members (excludes halogenated alkanes) is 41. The Morgan fingerprint density at radius 1 is 0.385 bits per heavy atom. The van der Waals surface area contributed by atoms with Crippen molar-refractivity contribution in [3.05, 3.63) is 12.2 Å². The van der Waals surface area contributed by atoms with Crippen LogP contribution >= 0.6 is 0 Å². The summed E-state index contributed by atoms with van der Waals surface area (Å²) < 4.78 is 34.5. The molecule has 17 unspecified atom stereocenters. The highest BCUT2D eigenvalue weighted by molar-refractivity contribution is 5.76. The van der Waals surface area contributed by atoms with Crippen LogP contribution in [0.25, 0.3) is 0 Å². The molecule has 3 saturated heterocycles. The third-order valence-electron chi connectivity index (χ3n) is 19.1. The van der Waals surface area contributed by atoms with Crippen LogP contribution in [-0.2, 0) is 33.2 Å². The highest BCUT2D eigenvalue weighted by Gasteiger charge is 2.53. The minimum absolute atomic E-state index is 0.240. The van der Waals surface area contributed by atoms with Gasteiger partial charge in [-0.15, -0.1) is 0 Å². The number of carbonyl (C=O) groups is 1. The Hall–Kier alpha value is -1.47. The molecule has 0 bridgehead atoms. The minimum atomic E-state index is -1.97. The highest BCUT2D eigenvalue weighted by Crippen LogP contribution is 2.33. The van der Waals surface area contributed by atoms with Crippen molar-refractivity contribution >= 4 is 5.91 Å². The van der Waals surface area contributed by atoms with E-state index in [1.807, 2.05) is 0 Å². The second-order valence-electron chi connectivity index (χ2n) is 27.1. The molecule has 91 heavy (non-hydrogen) atoms. The van der Waals surface area contributed by atoms with E-state index in [9.17, 15) is 61.0 Å². The quantitative estimate of drug-likeness (QED) is 0.0199. The number of ether oxygens (including phenoxy) is 6. The summed E-state index contributed by atoms with van der Waals surface area (Å²) in [5, 5.41) is 121. The maximum Gasteiger partial charge on any atom is 0.220 e. The van der Waals surface area contributed by atoms with E-state index in [4.69, 9.17) is 28.4 Å². The van der Waals surface area contributed by atoms with Gasteiger partial charge in [-0.05, 0) is 38.5 Å². The molecular weight excluding hydrogens is 1170 g/mol. The van der Waals surface area contributed by atoms with Gasteiger partial charge in [0.25, 0.3) is 0 Å². The fourth-order valence-corrected chi connectivity index (χ4v) is 13.0. The number of nitrogens with one attached hydrogen (secondary N) is 1. The van der Waals surface area contributed by atoms with E-state index in [0.29, 0.717) is 12.8 Å². The molecule has 3 heterocycles. The largest absolute Gasteiger partial charge is 0.394 e. The van der Waals surface area contributed by atoms with Gasteiger partial charge in [0, 0.05) is 6.42 Å². The third-order valence-corrected chi connectivity index (χ3v) is 19.1. The number of allylic oxidation sites excluding steroid dienone is 2. The second kappa shape index (κ2) is 54.5. The number of carbonyl (C=O) groups excluding carboxylic acids is 1. The van der Waals surface area contributed by atoms with E-state index in [1.165, 1.54) is 225 Å². The van der Waals surface area contributed by atoms with Gasteiger partial charge >= 0.3 is 0 Å². The molecule has 12 N–H and O–H groups in total. The molecule has 0 aromatic rings. The van der Waals surface area contributed by atoms with Crippen molar-refractivity contribution in [1.82, 2.24) is 5.32 Å². The van der Waals surface area contributed by atoms with Crippen LogP contribution in [0.15, 0.2) is 12.2 Å². The molecule has 17 atom stereocenters. The lowest BCUT2D eigenvalue weighted by Gasteiger charge is -2.48. The summed E-state index contributed by atoms with van der Waals surface area (Å²) in [5.74, 6) is -0.240. The number of hydrogen-bond donors (Lipinski definition) is 12. The molecular formula is C72H137NO18. The summed E-state index contributed by atoms with van der Waals surface area (Å²) in [6.07, 6.45) is 34.3. The molecule has 3 aliphatic rings. The summed E-state index contributed by atoms with van der Waals surface area (Å²) in [6.45, 7) is 1.84. The van der Waals surface area contributed by atoms with Gasteiger partial charge in [-0.3, -0.25) is 4.79 Å². The van der Waals surface area contributed by atoms with Crippen LogP contribution in [0.5, 0.6) is 0 Å². The van der Waals surface area contributed by atoms with Crippen molar-refractivity contribution < 1.29 is 89.4 Å². The van der Waals surface area contributed by atoms with Crippen molar-refractivity contribution in [3.8, 4) is 0 Å². The van der Waals surface area contributed by atoms with Crippen LogP contribution in [0.4, 0.5) is 0 Å². The van der Waals surface area contributed by atoms with E-state index in [-0.39, 0.29) is 18.9 Å². The van der Waals surface area contributed by atoms with Crippen LogP contribution in [0.1, 0.15) is 309 Å². The Morgan fingerprint density at radius 2 is 0.692 bits per heavy atom. The average Bonchev–Trinajstić information content (AvgIpc) is 0.886. The summed E-state index contributed by atoms with van der Waals surface area (Å²) in [7, 11) is 0. The fraction of sp³-hybridized carbons (Fsp3) is 0.958. The van der Waals surface area contributed by atoms with E-state index < -0.39 is 124 Å². The summed E-state index contributed by atoms with van der Waals surface area (Å²) >= 11 is 0. The monoisotopic (exact) mass is 1300 g/mol. The van der Waals surface area contributed by atoms with Gasteiger partial charge in [0.1, 0.15) is 73.2 Å². The lowest BCUT2D eigenvalue weighted by atomic mass is 9.96. The van der Waals surface area contributed by atoms with Crippen LogP contribution in [0.2, 0.25) is 0 Å². The molecule has 3 rings (SSSR count). The van der Waals surface area contributed by atoms with Crippen LogP contribution < -0.4 is 5.32 Å². The van der Waals surface area contributed by atoms with Gasteiger partial charge in [0.05, 0.1) is 38.6 Å². The molecule has 0 saturated carbocycles. The normalized spacial score (nSPS) is 27.9. The Bertz CT molecular complexity index is 1700.